The molecule has 17 heavy (non-hydrogen) atoms. The second-order valence-corrected chi connectivity index (χ2v) is 4.47. The Hall–Kier alpha value is -1.35. The van der Waals surface area contributed by atoms with E-state index in [0.717, 1.165) is 11.3 Å². The van der Waals surface area contributed by atoms with E-state index in [0.29, 0.717) is 18.8 Å². The molecule has 3 nitrogen and oxygen atoms in total. The monoisotopic (exact) mass is 235 g/mol. The molecule has 1 rings (SSSR count). The van der Waals surface area contributed by atoms with Crippen molar-refractivity contribution >= 4 is 5.78 Å². The molecule has 0 aliphatic carbocycles. The number of methoxy groups -OCH3 is 1. The maximum absolute atomic E-state index is 11.2. The van der Waals surface area contributed by atoms with Crippen LogP contribution >= 0.6 is 0 Å². The molecular weight excluding hydrogens is 214 g/mol. The van der Waals surface area contributed by atoms with Gasteiger partial charge in [-0.25, -0.2) is 0 Å². The molecule has 3 heteroatoms. The lowest BCUT2D eigenvalue weighted by atomic mass is 9.97. The Kier molecular flexibility index (Phi) is 5.16. The Morgan fingerprint density at radius 1 is 1.41 bits per heavy atom. The van der Waals surface area contributed by atoms with Gasteiger partial charge in [0.15, 0.2) is 0 Å². The van der Waals surface area contributed by atoms with Gasteiger partial charge in [-0.15, -0.1) is 0 Å². The van der Waals surface area contributed by atoms with Crippen molar-refractivity contribution in [1.82, 2.24) is 0 Å². The van der Waals surface area contributed by atoms with Gasteiger partial charge in [0.25, 0.3) is 0 Å². The number of Topliss-reactive ketones (excluding diaryl/α,β-unsaturated/α-hetero) is 1. The zero-order valence-electron chi connectivity index (χ0n) is 10.8. The number of ketones is 1. The zero-order chi connectivity index (χ0) is 12.8. The molecule has 0 fully saturated rings. The molecule has 0 radical (unpaired) electrons. The van der Waals surface area contributed by atoms with Crippen molar-refractivity contribution in [3.05, 3.63) is 29.3 Å². The summed E-state index contributed by atoms with van der Waals surface area (Å²) in [5.41, 5.74) is 7.65. The second-order valence-electron chi connectivity index (χ2n) is 4.47. The highest BCUT2D eigenvalue weighted by Crippen LogP contribution is 2.25. The number of carbonyl (C=O) groups is 1. The van der Waals surface area contributed by atoms with Crippen LogP contribution in [0.15, 0.2) is 18.2 Å². The van der Waals surface area contributed by atoms with Gasteiger partial charge < -0.3 is 10.5 Å². The zero-order valence-corrected chi connectivity index (χ0v) is 10.8. The van der Waals surface area contributed by atoms with Crippen LogP contribution in [0.25, 0.3) is 0 Å². The van der Waals surface area contributed by atoms with Crippen LogP contribution in [0.1, 0.15) is 37.3 Å². The quantitative estimate of drug-likeness (QED) is 0.823. The fraction of sp³-hybridized carbons (Fsp3) is 0.500. The fourth-order valence-corrected chi connectivity index (χ4v) is 1.73. The average molecular weight is 235 g/mol. The highest BCUT2D eigenvalue weighted by atomic mass is 16.5. The minimum atomic E-state index is 0.0852. The highest BCUT2D eigenvalue weighted by molar-refractivity contribution is 5.80. The van der Waals surface area contributed by atoms with Crippen LogP contribution in [-0.2, 0) is 11.2 Å². The number of rotatable bonds is 6. The molecule has 0 unspecified atom stereocenters. The molecule has 0 aliphatic rings. The summed E-state index contributed by atoms with van der Waals surface area (Å²) in [4.78, 5) is 11.2. The second kappa shape index (κ2) is 6.40. The summed E-state index contributed by atoms with van der Waals surface area (Å²) in [7, 11) is 1.65. The van der Waals surface area contributed by atoms with Crippen LogP contribution in [0, 0.1) is 0 Å². The predicted octanol–water partition coefficient (Wildman–Crippen LogP) is 2.28. The molecule has 0 heterocycles. The minimum absolute atomic E-state index is 0.0852. The first-order valence-corrected chi connectivity index (χ1v) is 5.97. The van der Waals surface area contributed by atoms with Crippen molar-refractivity contribution in [2.75, 3.05) is 13.7 Å². The Labute approximate surface area is 103 Å². The standard InChI is InChI=1S/C14H21NO2/c1-10(2)11-5-7-14(17-3)12(8-11)4-6-13(16)9-15/h5,7-8,10H,4,6,9,15H2,1-3H3. The number of ether oxygens (including phenoxy) is 1. The molecule has 1 aromatic carbocycles. The van der Waals surface area contributed by atoms with Crippen LogP contribution in [-0.4, -0.2) is 19.4 Å². The van der Waals surface area contributed by atoms with Gasteiger partial charge in [-0.2, -0.15) is 0 Å². The summed E-state index contributed by atoms with van der Waals surface area (Å²) in [5, 5.41) is 0. The Balaban J connectivity index is 2.86. The van der Waals surface area contributed by atoms with Crippen molar-refractivity contribution in [1.29, 1.82) is 0 Å². The SMILES string of the molecule is COc1ccc(C(C)C)cc1CCC(=O)CN. The summed E-state index contributed by atoms with van der Waals surface area (Å²) >= 11 is 0. The van der Waals surface area contributed by atoms with Crippen LogP contribution in [0.5, 0.6) is 5.75 Å². The van der Waals surface area contributed by atoms with Gasteiger partial charge in [-0.1, -0.05) is 26.0 Å². The topological polar surface area (TPSA) is 52.3 Å². The Morgan fingerprint density at radius 2 is 2.12 bits per heavy atom. The van der Waals surface area contributed by atoms with Gasteiger partial charge in [0.05, 0.1) is 13.7 Å². The first-order chi connectivity index (χ1) is 8.08. The van der Waals surface area contributed by atoms with Gasteiger partial charge in [0.2, 0.25) is 0 Å². The number of aryl methyl sites for hydroxylation is 1. The van der Waals surface area contributed by atoms with Gasteiger partial charge >= 0.3 is 0 Å². The van der Waals surface area contributed by atoms with E-state index >= 15 is 0 Å². The number of hydrogen-bond acceptors (Lipinski definition) is 3. The number of nitrogens with two attached hydrogens (primary N) is 1. The molecule has 0 aliphatic heterocycles. The molecule has 1 aromatic rings. The lowest BCUT2D eigenvalue weighted by Gasteiger charge is -2.12. The van der Waals surface area contributed by atoms with Gasteiger partial charge in [0, 0.05) is 6.42 Å². The van der Waals surface area contributed by atoms with Crippen LogP contribution in [0.4, 0.5) is 0 Å². The maximum Gasteiger partial charge on any atom is 0.146 e. The molecule has 0 saturated heterocycles. The van der Waals surface area contributed by atoms with E-state index in [1.807, 2.05) is 6.07 Å². The lowest BCUT2D eigenvalue weighted by molar-refractivity contribution is -0.117. The van der Waals surface area contributed by atoms with Gasteiger partial charge in [-0.3, -0.25) is 4.79 Å². The van der Waals surface area contributed by atoms with Crippen molar-refractivity contribution < 1.29 is 9.53 Å². The largest absolute Gasteiger partial charge is 0.496 e. The molecule has 0 bridgehead atoms. The van der Waals surface area contributed by atoms with Crippen LogP contribution < -0.4 is 10.5 Å². The summed E-state index contributed by atoms with van der Waals surface area (Å²) in [6, 6.07) is 6.16. The van der Waals surface area contributed by atoms with E-state index < -0.39 is 0 Å². The van der Waals surface area contributed by atoms with E-state index in [4.69, 9.17) is 10.5 Å². The lowest BCUT2D eigenvalue weighted by Crippen LogP contribution is -2.14. The molecule has 0 atom stereocenters. The minimum Gasteiger partial charge on any atom is -0.496 e. The molecule has 2 N–H and O–H groups in total. The molecule has 0 spiro atoms. The third-order valence-corrected chi connectivity index (χ3v) is 2.87. The van der Waals surface area contributed by atoms with E-state index in [1.165, 1.54) is 5.56 Å². The molecular formula is C14H21NO2. The highest BCUT2D eigenvalue weighted by Gasteiger charge is 2.08. The average Bonchev–Trinajstić information content (AvgIpc) is 2.35. The van der Waals surface area contributed by atoms with Gasteiger partial charge in [-0.05, 0) is 29.5 Å². The summed E-state index contributed by atoms with van der Waals surface area (Å²) in [6.45, 7) is 4.42. The fourth-order valence-electron chi connectivity index (χ4n) is 1.73. The predicted molar refractivity (Wildman–Crippen MR) is 69.5 cm³/mol. The van der Waals surface area contributed by atoms with Crippen molar-refractivity contribution in [3.8, 4) is 5.75 Å². The normalized spacial score (nSPS) is 10.6. The summed E-state index contributed by atoms with van der Waals surface area (Å²) < 4.78 is 5.30. The Bertz CT molecular complexity index is 386. The molecule has 0 aromatic heterocycles. The molecule has 0 amide bonds. The third-order valence-electron chi connectivity index (χ3n) is 2.87. The third kappa shape index (κ3) is 3.86. The van der Waals surface area contributed by atoms with E-state index in [9.17, 15) is 4.79 Å². The molecule has 0 saturated carbocycles. The van der Waals surface area contributed by atoms with Gasteiger partial charge in [0.1, 0.15) is 11.5 Å². The van der Waals surface area contributed by atoms with Crippen molar-refractivity contribution in [2.45, 2.75) is 32.6 Å². The Morgan fingerprint density at radius 3 is 2.65 bits per heavy atom. The number of hydrogen-bond donors (Lipinski definition) is 1. The van der Waals surface area contributed by atoms with Crippen LogP contribution in [0.3, 0.4) is 0 Å². The van der Waals surface area contributed by atoms with Crippen molar-refractivity contribution in [2.24, 2.45) is 5.73 Å². The number of benzene rings is 1. The number of carbonyl (C=O) groups excluding carboxylic acids is 1. The van der Waals surface area contributed by atoms with E-state index in [-0.39, 0.29) is 12.3 Å². The maximum atomic E-state index is 11.2. The van der Waals surface area contributed by atoms with Crippen LogP contribution in [0.2, 0.25) is 0 Å². The van der Waals surface area contributed by atoms with E-state index in [1.54, 1.807) is 7.11 Å². The van der Waals surface area contributed by atoms with E-state index in [2.05, 4.69) is 26.0 Å². The van der Waals surface area contributed by atoms with Crippen molar-refractivity contribution in [3.63, 3.8) is 0 Å². The molecule has 94 valence electrons. The summed E-state index contributed by atoms with van der Waals surface area (Å²) in [6.07, 6.45) is 1.17. The summed E-state index contributed by atoms with van der Waals surface area (Å²) in [5.74, 6) is 1.41. The first-order valence-electron chi connectivity index (χ1n) is 5.97. The first kappa shape index (κ1) is 13.7. The smallest absolute Gasteiger partial charge is 0.146 e.